The number of halogens is 2. The average molecular weight is 480 g/mol. The van der Waals surface area contributed by atoms with Crippen molar-refractivity contribution in [1.29, 1.82) is 5.26 Å². The minimum Gasteiger partial charge on any atom is -0.486 e. The number of nitrogens with zero attached hydrogens (tertiary/aromatic N) is 1. The summed E-state index contributed by atoms with van der Waals surface area (Å²) in [6.45, 7) is 0.347. The number of hydrogen-bond acceptors (Lipinski definition) is 2. The van der Waals surface area contributed by atoms with Gasteiger partial charge in [-0.05, 0) is 68.6 Å². The fourth-order valence-corrected chi connectivity index (χ4v) is 4.60. The van der Waals surface area contributed by atoms with Crippen LogP contribution in [0.3, 0.4) is 0 Å². The van der Waals surface area contributed by atoms with E-state index >= 15 is 0 Å². The van der Waals surface area contributed by atoms with Gasteiger partial charge in [-0.1, -0.05) is 96.0 Å². The molecule has 5 aromatic rings. The number of allylic oxidation sites excluding steroid dienone is 1. The topological polar surface area (TPSA) is 33.0 Å². The summed E-state index contributed by atoms with van der Waals surface area (Å²) in [4.78, 5) is 0. The second-order valence-electron chi connectivity index (χ2n) is 8.02. The molecule has 34 heavy (non-hydrogen) atoms. The first-order valence-corrected chi connectivity index (χ1v) is 11.6. The van der Waals surface area contributed by atoms with Crippen LogP contribution >= 0.6 is 23.2 Å². The molecule has 5 rings (SSSR count). The van der Waals surface area contributed by atoms with Gasteiger partial charge in [0.05, 0.1) is 21.7 Å². The molecule has 0 bridgehead atoms. The van der Waals surface area contributed by atoms with E-state index in [1.807, 2.05) is 60.7 Å². The molecule has 4 heteroatoms. The Bertz CT molecular complexity index is 1570. The van der Waals surface area contributed by atoms with Crippen molar-refractivity contribution in [2.24, 2.45) is 0 Å². The molecule has 0 aliphatic heterocycles. The van der Waals surface area contributed by atoms with E-state index in [4.69, 9.17) is 27.9 Å². The van der Waals surface area contributed by atoms with Crippen LogP contribution in [0, 0.1) is 11.3 Å². The molecular weight excluding hydrogens is 461 g/mol. The minimum atomic E-state index is 0.347. The summed E-state index contributed by atoms with van der Waals surface area (Å²) >= 11 is 13.1. The van der Waals surface area contributed by atoms with Crippen LogP contribution in [0.1, 0.15) is 16.7 Å². The molecule has 0 aliphatic carbocycles. The maximum Gasteiger partial charge on any atom is 0.157 e. The number of ether oxygens (including phenoxy) is 1. The van der Waals surface area contributed by atoms with Gasteiger partial charge < -0.3 is 4.74 Å². The normalized spacial score (nSPS) is 11.5. The molecule has 0 saturated heterocycles. The fourth-order valence-electron chi connectivity index (χ4n) is 3.99. The summed E-state index contributed by atoms with van der Waals surface area (Å²) in [6, 6.07) is 34.2. The van der Waals surface area contributed by atoms with E-state index in [1.165, 1.54) is 5.39 Å². The number of nitriles is 1. The highest BCUT2D eigenvalue weighted by Gasteiger charge is 2.11. The van der Waals surface area contributed by atoms with Crippen molar-refractivity contribution in [3.63, 3.8) is 0 Å². The number of hydrogen-bond donors (Lipinski definition) is 0. The Hall–Kier alpha value is -3.77. The molecular formula is C30H19Cl2NO. The highest BCUT2D eigenvalue weighted by Crippen LogP contribution is 2.36. The van der Waals surface area contributed by atoms with Gasteiger partial charge in [-0.2, -0.15) is 5.26 Å². The van der Waals surface area contributed by atoms with Gasteiger partial charge >= 0.3 is 0 Å². The molecule has 0 spiro atoms. The first kappa shape index (κ1) is 22.0. The molecule has 0 radical (unpaired) electrons. The van der Waals surface area contributed by atoms with Crippen LogP contribution in [0.5, 0.6) is 5.75 Å². The number of rotatable bonds is 5. The Morgan fingerprint density at radius 3 is 1.97 bits per heavy atom. The van der Waals surface area contributed by atoms with E-state index in [2.05, 4.69) is 30.3 Å². The van der Waals surface area contributed by atoms with Gasteiger partial charge in [0, 0.05) is 0 Å². The molecule has 5 aromatic carbocycles. The second kappa shape index (κ2) is 9.61. The molecule has 0 N–H and O–H groups in total. The zero-order valence-corrected chi connectivity index (χ0v) is 19.6. The molecule has 0 heterocycles. The fraction of sp³-hybridized carbons (Fsp3) is 0.0333. The van der Waals surface area contributed by atoms with Crippen LogP contribution < -0.4 is 4.74 Å². The van der Waals surface area contributed by atoms with Gasteiger partial charge in [0.25, 0.3) is 0 Å². The van der Waals surface area contributed by atoms with Crippen molar-refractivity contribution in [1.82, 2.24) is 0 Å². The van der Waals surface area contributed by atoms with Gasteiger partial charge in [0.2, 0.25) is 0 Å². The van der Waals surface area contributed by atoms with Crippen molar-refractivity contribution < 1.29 is 4.74 Å². The Kier molecular flexibility index (Phi) is 6.23. The lowest BCUT2D eigenvalue weighted by molar-refractivity contribution is 0.307. The van der Waals surface area contributed by atoms with Gasteiger partial charge in [-0.3, -0.25) is 0 Å². The maximum atomic E-state index is 9.78. The molecule has 0 aliphatic rings. The molecule has 0 atom stereocenters. The summed E-state index contributed by atoms with van der Waals surface area (Å²) in [5, 5.41) is 15.1. The zero-order chi connectivity index (χ0) is 23.5. The first-order chi connectivity index (χ1) is 16.6. The molecule has 0 aromatic heterocycles. The van der Waals surface area contributed by atoms with Crippen LogP contribution in [0.4, 0.5) is 0 Å². The Morgan fingerprint density at radius 1 is 0.735 bits per heavy atom. The van der Waals surface area contributed by atoms with Crippen LogP contribution in [-0.4, -0.2) is 0 Å². The largest absolute Gasteiger partial charge is 0.486 e. The molecule has 2 nitrogen and oxygen atoms in total. The van der Waals surface area contributed by atoms with E-state index < -0.39 is 0 Å². The molecule has 0 saturated carbocycles. The number of benzene rings is 5. The van der Waals surface area contributed by atoms with Crippen LogP contribution in [-0.2, 0) is 6.61 Å². The maximum absolute atomic E-state index is 9.78. The molecule has 0 fully saturated rings. The minimum absolute atomic E-state index is 0.347. The lowest BCUT2D eigenvalue weighted by Crippen LogP contribution is -1.97. The summed E-state index contributed by atoms with van der Waals surface area (Å²) < 4.78 is 5.97. The van der Waals surface area contributed by atoms with Crippen molar-refractivity contribution in [3.8, 4) is 11.8 Å². The Labute approximate surface area is 208 Å². The van der Waals surface area contributed by atoms with Gasteiger partial charge in [-0.15, -0.1) is 0 Å². The zero-order valence-electron chi connectivity index (χ0n) is 18.1. The predicted octanol–water partition coefficient (Wildman–Crippen LogP) is 8.94. The van der Waals surface area contributed by atoms with Gasteiger partial charge in [-0.25, -0.2) is 0 Å². The third kappa shape index (κ3) is 4.63. The Morgan fingerprint density at radius 2 is 1.32 bits per heavy atom. The molecule has 0 amide bonds. The highest BCUT2D eigenvalue weighted by atomic mass is 35.5. The lowest BCUT2D eigenvalue weighted by atomic mass is 10.00. The van der Waals surface area contributed by atoms with E-state index in [9.17, 15) is 5.26 Å². The smallest absolute Gasteiger partial charge is 0.157 e. The second-order valence-corrected chi connectivity index (χ2v) is 8.83. The van der Waals surface area contributed by atoms with Crippen molar-refractivity contribution >= 4 is 56.4 Å². The first-order valence-electron chi connectivity index (χ1n) is 10.8. The van der Waals surface area contributed by atoms with Crippen LogP contribution in [0.2, 0.25) is 10.0 Å². The third-order valence-corrected chi connectivity index (χ3v) is 6.27. The standard InChI is InChI=1S/C30H19Cl2NO/c31-28-15-21(14-27(18-33)26-12-11-23-6-2-4-8-25(23)17-26)16-29(32)30(28)34-19-20-9-10-22-5-1-3-7-24(22)13-20/h1-17H,19H2/b27-14-. The Balaban J connectivity index is 1.40. The molecule has 0 unspecified atom stereocenters. The van der Waals surface area contributed by atoms with E-state index in [0.29, 0.717) is 28.0 Å². The van der Waals surface area contributed by atoms with Crippen LogP contribution in [0.15, 0.2) is 97.1 Å². The third-order valence-electron chi connectivity index (χ3n) is 5.71. The van der Waals surface area contributed by atoms with E-state index in [-0.39, 0.29) is 0 Å². The molecule has 164 valence electrons. The summed E-state index contributed by atoms with van der Waals surface area (Å²) in [6.07, 6.45) is 1.79. The van der Waals surface area contributed by atoms with Gasteiger partial charge in [0.1, 0.15) is 6.61 Å². The summed E-state index contributed by atoms with van der Waals surface area (Å²) in [5.41, 5.74) is 3.13. The summed E-state index contributed by atoms with van der Waals surface area (Å²) in [5.74, 6) is 0.429. The van der Waals surface area contributed by atoms with Crippen molar-refractivity contribution in [2.45, 2.75) is 6.61 Å². The van der Waals surface area contributed by atoms with Gasteiger partial charge in [0.15, 0.2) is 5.75 Å². The highest BCUT2D eigenvalue weighted by molar-refractivity contribution is 6.37. The van der Waals surface area contributed by atoms with E-state index in [1.54, 1.807) is 18.2 Å². The summed E-state index contributed by atoms with van der Waals surface area (Å²) in [7, 11) is 0. The lowest BCUT2D eigenvalue weighted by Gasteiger charge is -2.12. The average Bonchev–Trinajstić information content (AvgIpc) is 2.86. The SMILES string of the molecule is N#C/C(=C/c1cc(Cl)c(OCc2ccc3ccccc3c2)c(Cl)c1)c1ccc2ccccc2c1. The van der Waals surface area contributed by atoms with Crippen molar-refractivity contribution in [3.05, 3.63) is 124 Å². The quantitative estimate of drug-likeness (QED) is 0.186. The number of fused-ring (bicyclic) bond motifs is 2. The monoisotopic (exact) mass is 479 g/mol. The van der Waals surface area contributed by atoms with Crippen LogP contribution in [0.25, 0.3) is 33.2 Å². The predicted molar refractivity (Wildman–Crippen MR) is 142 cm³/mol. The van der Waals surface area contributed by atoms with E-state index in [0.717, 1.165) is 32.8 Å². The van der Waals surface area contributed by atoms with Crippen molar-refractivity contribution in [2.75, 3.05) is 0 Å².